The lowest BCUT2D eigenvalue weighted by Crippen LogP contribution is -2.38. The summed E-state index contributed by atoms with van der Waals surface area (Å²) in [6.07, 6.45) is 2.99. The van der Waals surface area contributed by atoms with Crippen molar-refractivity contribution in [3.05, 3.63) is 41.2 Å². The molecule has 1 fully saturated rings. The van der Waals surface area contributed by atoms with Crippen LogP contribution in [0.4, 0.5) is 5.82 Å². The van der Waals surface area contributed by atoms with Gasteiger partial charge in [-0.2, -0.15) is 4.98 Å². The molecule has 1 N–H and O–H groups in total. The molecular weight excluding hydrogens is 392 g/mol. The van der Waals surface area contributed by atoms with Crippen molar-refractivity contribution in [3.63, 3.8) is 0 Å². The van der Waals surface area contributed by atoms with E-state index in [9.17, 15) is 4.79 Å². The van der Waals surface area contributed by atoms with Crippen LogP contribution in [-0.2, 0) is 4.79 Å². The van der Waals surface area contributed by atoms with E-state index in [1.165, 1.54) is 19.3 Å². The molecular formula is C21H27ClN4O3. The summed E-state index contributed by atoms with van der Waals surface area (Å²) in [5, 5.41) is 3.37. The van der Waals surface area contributed by atoms with Crippen LogP contribution in [0, 0.1) is 6.92 Å². The van der Waals surface area contributed by atoms with E-state index in [1.807, 2.05) is 13.0 Å². The molecule has 1 aliphatic rings. The molecule has 1 unspecified atom stereocenters. The molecule has 1 aliphatic heterocycles. The lowest BCUT2D eigenvalue weighted by Gasteiger charge is -2.28. The third-order valence-corrected chi connectivity index (χ3v) is 4.85. The van der Waals surface area contributed by atoms with Crippen LogP contribution in [0.25, 0.3) is 0 Å². The van der Waals surface area contributed by atoms with Gasteiger partial charge in [-0.25, -0.2) is 4.98 Å². The van der Waals surface area contributed by atoms with Gasteiger partial charge in [0.05, 0.1) is 6.54 Å². The van der Waals surface area contributed by atoms with Crippen LogP contribution in [0.2, 0.25) is 5.02 Å². The molecule has 1 saturated heterocycles. The second kappa shape index (κ2) is 10.3. The highest BCUT2D eigenvalue weighted by Crippen LogP contribution is 2.21. The van der Waals surface area contributed by atoms with Gasteiger partial charge < -0.3 is 19.7 Å². The maximum absolute atomic E-state index is 12.2. The number of amides is 1. The Balaban J connectivity index is 1.44. The Kier molecular flexibility index (Phi) is 7.52. The highest BCUT2D eigenvalue weighted by molar-refractivity contribution is 6.30. The summed E-state index contributed by atoms with van der Waals surface area (Å²) in [5.74, 6) is 2.44. The number of anilines is 1. The van der Waals surface area contributed by atoms with Gasteiger partial charge in [-0.1, -0.05) is 17.7 Å². The summed E-state index contributed by atoms with van der Waals surface area (Å²) in [6.45, 7) is 6.23. The fourth-order valence-corrected chi connectivity index (χ4v) is 3.34. The summed E-state index contributed by atoms with van der Waals surface area (Å²) >= 11 is 5.93. The van der Waals surface area contributed by atoms with E-state index in [4.69, 9.17) is 21.1 Å². The molecule has 2 heterocycles. The third-order valence-electron chi connectivity index (χ3n) is 4.61. The van der Waals surface area contributed by atoms with E-state index >= 15 is 0 Å². The molecule has 0 saturated carbocycles. The maximum Gasteiger partial charge on any atom is 0.260 e. The largest absolute Gasteiger partial charge is 0.481 e. The number of piperidine rings is 1. The molecule has 7 nitrogen and oxygen atoms in total. The summed E-state index contributed by atoms with van der Waals surface area (Å²) in [4.78, 5) is 23.3. The monoisotopic (exact) mass is 418 g/mol. The summed E-state index contributed by atoms with van der Waals surface area (Å²) < 4.78 is 11.3. The van der Waals surface area contributed by atoms with E-state index < -0.39 is 6.10 Å². The maximum atomic E-state index is 12.2. The van der Waals surface area contributed by atoms with E-state index in [0.717, 1.165) is 18.9 Å². The molecule has 1 amide bonds. The van der Waals surface area contributed by atoms with Gasteiger partial charge >= 0.3 is 0 Å². The first kappa shape index (κ1) is 21.2. The number of carbonyl (C=O) groups excluding carboxylic acids is 1. The fourth-order valence-electron chi connectivity index (χ4n) is 3.16. The minimum absolute atomic E-state index is 0.221. The number of aryl methyl sites for hydroxylation is 1. The Hall–Kier alpha value is -2.54. The molecule has 1 atom stereocenters. The number of carbonyl (C=O) groups is 1. The first-order valence-electron chi connectivity index (χ1n) is 9.94. The predicted octanol–water partition coefficient (Wildman–Crippen LogP) is 3.39. The van der Waals surface area contributed by atoms with Gasteiger partial charge in [-0.05, 0) is 51.3 Å². The second-order valence-electron chi connectivity index (χ2n) is 7.02. The smallest absolute Gasteiger partial charge is 0.260 e. The van der Waals surface area contributed by atoms with Gasteiger partial charge in [0.15, 0.2) is 6.10 Å². The van der Waals surface area contributed by atoms with E-state index in [-0.39, 0.29) is 5.91 Å². The molecule has 1 aromatic heterocycles. The molecule has 156 valence electrons. The molecule has 0 radical (unpaired) electrons. The van der Waals surface area contributed by atoms with Crippen molar-refractivity contribution in [3.8, 4) is 11.6 Å². The Labute approximate surface area is 176 Å². The molecule has 1 aromatic carbocycles. The fraction of sp³-hybridized carbons (Fsp3) is 0.476. The van der Waals surface area contributed by atoms with Crippen LogP contribution in [-0.4, -0.2) is 48.2 Å². The lowest BCUT2D eigenvalue weighted by atomic mass is 10.1. The highest BCUT2D eigenvalue weighted by atomic mass is 35.5. The zero-order valence-electron chi connectivity index (χ0n) is 16.9. The number of nitrogens with one attached hydrogen (secondary N) is 1. The number of benzene rings is 1. The minimum Gasteiger partial charge on any atom is -0.481 e. The third kappa shape index (κ3) is 6.49. The number of hydrogen-bond donors (Lipinski definition) is 1. The van der Waals surface area contributed by atoms with Gasteiger partial charge in [0.25, 0.3) is 5.91 Å². The van der Waals surface area contributed by atoms with Crippen LogP contribution >= 0.6 is 11.6 Å². The number of nitrogens with zero attached hydrogens (tertiary/aromatic N) is 3. The van der Waals surface area contributed by atoms with Crippen LogP contribution in [0.5, 0.6) is 11.6 Å². The SMILES string of the molecule is Cc1nc(OCCNC(=O)C(C)Oc2cccc(Cl)c2)cc(N2CCCCC2)n1. The minimum atomic E-state index is -0.638. The van der Waals surface area contributed by atoms with Crippen molar-refractivity contribution in [2.24, 2.45) is 0 Å². The average molecular weight is 419 g/mol. The Morgan fingerprint density at radius 1 is 1.24 bits per heavy atom. The second-order valence-corrected chi connectivity index (χ2v) is 7.45. The van der Waals surface area contributed by atoms with Gasteiger partial charge in [0.1, 0.15) is 24.0 Å². The molecule has 29 heavy (non-hydrogen) atoms. The summed E-state index contributed by atoms with van der Waals surface area (Å²) in [5.41, 5.74) is 0. The van der Waals surface area contributed by atoms with E-state index in [2.05, 4.69) is 20.2 Å². The number of halogens is 1. The lowest BCUT2D eigenvalue weighted by molar-refractivity contribution is -0.127. The molecule has 0 bridgehead atoms. The van der Waals surface area contributed by atoms with E-state index in [0.29, 0.717) is 35.6 Å². The van der Waals surface area contributed by atoms with Crippen molar-refractivity contribution >= 4 is 23.3 Å². The number of ether oxygens (including phenoxy) is 2. The van der Waals surface area contributed by atoms with Gasteiger partial charge in [-0.15, -0.1) is 0 Å². The van der Waals surface area contributed by atoms with Crippen molar-refractivity contribution in [1.82, 2.24) is 15.3 Å². The first-order valence-corrected chi connectivity index (χ1v) is 10.3. The van der Waals surface area contributed by atoms with Crippen molar-refractivity contribution in [2.45, 2.75) is 39.2 Å². The van der Waals surface area contributed by atoms with E-state index in [1.54, 1.807) is 31.2 Å². The highest BCUT2D eigenvalue weighted by Gasteiger charge is 2.16. The number of rotatable bonds is 8. The van der Waals surface area contributed by atoms with Crippen LogP contribution in [0.1, 0.15) is 32.0 Å². The van der Waals surface area contributed by atoms with Crippen molar-refractivity contribution in [1.29, 1.82) is 0 Å². The molecule has 0 aliphatic carbocycles. The average Bonchev–Trinajstić information content (AvgIpc) is 2.71. The Bertz CT molecular complexity index is 827. The molecule has 3 rings (SSSR count). The predicted molar refractivity (Wildman–Crippen MR) is 113 cm³/mol. The van der Waals surface area contributed by atoms with Crippen LogP contribution < -0.4 is 19.7 Å². The summed E-state index contributed by atoms with van der Waals surface area (Å²) in [6, 6.07) is 8.83. The quantitative estimate of drug-likeness (QED) is 0.662. The normalized spacial score (nSPS) is 14.9. The van der Waals surface area contributed by atoms with Crippen LogP contribution in [0.15, 0.2) is 30.3 Å². The number of hydrogen-bond acceptors (Lipinski definition) is 6. The van der Waals surface area contributed by atoms with Gasteiger partial charge in [0.2, 0.25) is 5.88 Å². The number of aromatic nitrogens is 2. The standard InChI is InChI=1S/C21H27ClN4O3/c1-15(29-18-8-6-7-17(22)13-18)21(27)23-9-12-28-20-14-19(24-16(2)25-20)26-10-4-3-5-11-26/h6-8,13-15H,3-5,9-12H2,1-2H3,(H,23,27). The van der Waals surface area contributed by atoms with Gasteiger partial charge in [-0.3, -0.25) is 4.79 Å². The molecule has 8 heteroatoms. The Morgan fingerprint density at radius 2 is 2.03 bits per heavy atom. The van der Waals surface area contributed by atoms with Crippen molar-refractivity contribution in [2.75, 3.05) is 31.1 Å². The van der Waals surface area contributed by atoms with Crippen molar-refractivity contribution < 1.29 is 14.3 Å². The topological polar surface area (TPSA) is 76.6 Å². The molecule has 2 aromatic rings. The zero-order valence-corrected chi connectivity index (χ0v) is 17.6. The molecule has 0 spiro atoms. The first-order chi connectivity index (χ1) is 14.0. The zero-order chi connectivity index (χ0) is 20.6. The van der Waals surface area contributed by atoms with Gasteiger partial charge in [0, 0.05) is 24.2 Å². The Morgan fingerprint density at radius 3 is 2.79 bits per heavy atom. The summed E-state index contributed by atoms with van der Waals surface area (Å²) in [7, 11) is 0. The van der Waals surface area contributed by atoms with Crippen LogP contribution in [0.3, 0.4) is 0 Å².